The number of rotatable bonds is 7. The summed E-state index contributed by atoms with van der Waals surface area (Å²) in [6.07, 6.45) is 10.7. The molecule has 0 aliphatic heterocycles. The molecule has 0 atom stereocenters. The fraction of sp³-hybridized carbons (Fsp3) is 0.917. The number of hydrogen-bond acceptors (Lipinski definition) is 1. The summed E-state index contributed by atoms with van der Waals surface area (Å²) in [4.78, 5) is 9.68. The van der Waals surface area contributed by atoms with Crippen molar-refractivity contribution in [3.8, 4) is 0 Å². The van der Waals surface area contributed by atoms with Crippen molar-refractivity contribution in [2.75, 3.05) is 0 Å². The van der Waals surface area contributed by atoms with E-state index < -0.39 is 0 Å². The van der Waals surface area contributed by atoms with Crippen molar-refractivity contribution in [1.29, 1.82) is 0 Å². The lowest BCUT2D eigenvalue weighted by atomic mass is 10.2. The molecule has 0 aromatic rings. The quantitative estimate of drug-likeness (QED) is 0.426. The van der Waals surface area contributed by atoms with Crippen LogP contribution in [0.4, 0.5) is 0 Å². The van der Waals surface area contributed by atoms with Crippen LogP contribution in [0.3, 0.4) is 0 Å². The molecule has 0 aromatic heterocycles. The molecule has 0 aromatic carbocycles. The molecule has 0 bridgehead atoms. The predicted molar refractivity (Wildman–Crippen MR) is 60.0 cm³/mol. The van der Waals surface area contributed by atoms with Crippen molar-refractivity contribution in [3.63, 3.8) is 0 Å². The van der Waals surface area contributed by atoms with E-state index in [4.69, 9.17) is 0 Å². The van der Waals surface area contributed by atoms with Crippen LogP contribution < -0.4 is 0 Å². The van der Waals surface area contributed by atoms with Crippen molar-refractivity contribution < 1.29 is 4.79 Å². The molecular formula is C12H26O. The highest BCUT2D eigenvalue weighted by molar-refractivity contribution is 5.48. The first-order valence-corrected chi connectivity index (χ1v) is 5.77. The SMILES string of the molecule is CCCCCC.CCCCCC=O. The summed E-state index contributed by atoms with van der Waals surface area (Å²) < 4.78 is 0. The largest absolute Gasteiger partial charge is 0.303 e. The number of carbonyl (C=O) groups is 1. The van der Waals surface area contributed by atoms with E-state index in [1.54, 1.807) is 0 Å². The molecule has 80 valence electrons. The summed E-state index contributed by atoms with van der Waals surface area (Å²) >= 11 is 0. The number of unbranched alkanes of at least 4 members (excludes halogenated alkanes) is 6. The van der Waals surface area contributed by atoms with Crippen LogP contribution in [0.1, 0.15) is 72.1 Å². The second-order valence-electron chi connectivity index (χ2n) is 3.37. The Morgan fingerprint density at radius 2 is 1.15 bits per heavy atom. The topological polar surface area (TPSA) is 17.1 Å². The zero-order valence-electron chi connectivity index (χ0n) is 9.64. The van der Waals surface area contributed by atoms with Gasteiger partial charge in [-0.05, 0) is 6.42 Å². The molecule has 0 amide bonds. The summed E-state index contributed by atoms with van der Waals surface area (Å²) in [5, 5.41) is 0. The molecule has 0 aliphatic carbocycles. The van der Waals surface area contributed by atoms with Crippen LogP contribution in [0.15, 0.2) is 0 Å². The van der Waals surface area contributed by atoms with Gasteiger partial charge >= 0.3 is 0 Å². The molecule has 0 spiro atoms. The normalized spacial score (nSPS) is 8.85. The zero-order valence-corrected chi connectivity index (χ0v) is 9.64. The molecule has 0 N–H and O–H groups in total. The standard InChI is InChI=1S/C6H12O.C6H14/c1-2-3-4-5-6-7;1-3-5-6-4-2/h6H,2-5H2,1H3;3-6H2,1-2H3. The maximum Gasteiger partial charge on any atom is 0.119 e. The lowest BCUT2D eigenvalue weighted by Gasteiger charge is -1.86. The van der Waals surface area contributed by atoms with E-state index in [2.05, 4.69) is 20.8 Å². The first kappa shape index (κ1) is 15.2. The van der Waals surface area contributed by atoms with Crippen LogP contribution in [-0.2, 0) is 4.79 Å². The third kappa shape index (κ3) is 24.5. The van der Waals surface area contributed by atoms with E-state index in [-0.39, 0.29) is 0 Å². The van der Waals surface area contributed by atoms with Gasteiger partial charge in [0.25, 0.3) is 0 Å². The van der Waals surface area contributed by atoms with Gasteiger partial charge in [0.1, 0.15) is 6.29 Å². The highest BCUT2D eigenvalue weighted by Gasteiger charge is 1.80. The number of aldehydes is 1. The minimum Gasteiger partial charge on any atom is -0.303 e. The molecule has 1 heteroatoms. The Morgan fingerprint density at radius 3 is 1.46 bits per heavy atom. The van der Waals surface area contributed by atoms with E-state index in [1.807, 2.05) is 0 Å². The Labute approximate surface area is 83.9 Å². The Balaban J connectivity index is 0. The van der Waals surface area contributed by atoms with E-state index >= 15 is 0 Å². The lowest BCUT2D eigenvalue weighted by molar-refractivity contribution is -0.107. The summed E-state index contributed by atoms with van der Waals surface area (Å²) in [5.74, 6) is 0. The fourth-order valence-electron chi connectivity index (χ4n) is 0.978. The van der Waals surface area contributed by atoms with Crippen molar-refractivity contribution >= 4 is 6.29 Å². The summed E-state index contributed by atoms with van der Waals surface area (Å²) in [6, 6.07) is 0. The van der Waals surface area contributed by atoms with Crippen molar-refractivity contribution in [2.24, 2.45) is 0 Å². The summed E-state index contributed by atoms with van der Waals surface area (Å²) in [7, 11) is 0. The molecule has 0 rings (SSSR count). The van der Waals surface area contributed by atoms with Gasteiger partial charge in [-0.15, -0.1) is 0 Å². The Morgan fingerprint density at radius 1 is 0.769 bits per heavy atom. The molecule has 0 aliphatic rings. The fourth-order valence-corrected chi connectivity index (χ4v) is 0.978. The summed E-state index contributed by atoms with van der Waals surface area (Å²) in [6.45, 7) is 6.59. The average molecular weight is 186 g/mol. The minimum atomic E-state index is 0.744. The third-order valence-corrected chi connectivity index (χ3v) is 1.88. The highest BCUT2D eigenvalue weighted by Crippen LogP contribution is 1.95. The monoisotopic (exact) mass is 186 g/mol. The van der Waals surface area contributed by atoms with Crippen molar-refractivity contribution in [3.05, 3.63) is 0 Å². The number of carbonyl (C=O) groups excluding carboxylic acids is 1. The van der Waals surface area contributed by atoms with E-state index in [9.17, 15) is 4.79 Å². The lowest BCUT2D eigenvalue weighted by Crippen LogP contribution is -1.73. The van der Waals surface area contributed by atoms with Crippen LogP contribution in [0.25, 0.3) is 0 Å². The van der Waals surface area contributed by atoms with Gasteiger partial charge in [0, 0.05) is 6.42 Å². The second kappa shape index (κ2) is 17.7. The smallest absolute Gasteiger partial charge is 0.119 e. The van der Waals surface area contributed by atoms with Crippen LogP contribution in [0.5, 0.6) is 0 Å². The third-order valence-electron chi connectivity index (χ3n) is 1.88. The minimum absolute atomic E-state index is 0.744. The van der Waals surface area contributed by atoms with E-state index in [0.29, 0.717) is 0 Å². The molecule has 13 heavy (non-hydrogen) atoms. The summed E-state index contributed by atoms with van der Waals surface area (Å²) in [5.41, 5.74) is 0. The van der Waals surface area contributed by atoms with Crippen LogP contribution in [-0.4, -0.2) is 6.29 Å². The van der Waals surface area contributed by atoms with E-state index in [1.165, 1.54) is 38.5 Å². The van der Waals surface area contributed by atoms with Crippen LogP contribution in [0.2, 0.25) is 0 Å². The Hall–Kier alpha value is -0.330. The predicted octanol–water partition coefficient (Wildman–Crippen LogP) is 4.35. The highest BCUT2D eigenvalue weighted by atomic mass is 16.1. The molecule has 0 fully saturated rings. The number of hydrogen-bond donors (Lipinski definition) is 0. The maximum absolute atomic E-state index is 9.68. The van der Waals surface area contributed by atoms with Gasteiger partial charge in [-0.25, -0.2) is 0 Å². The molecule has 0 saturated carbocycles. The second-order valence-corrected chi connectivity index (χ2v) is 3.37. The Kier molecular flexibility index (Phi) is 20.6. The molecule has 0 radical (unpaired) electrons. The van der Waals surface area contributed by atoms with Gasteiger partial charge in [-0.1, -0.05) is 59.3 Å². The molecule has 0 heterocycles. The van der Waals surface area contributed by atoms with Crippen molar-refractivity contribution in [1.82, 2.24) is 0 Å². The van der Waals surface area contributed by atoms with Crippen LogP contribution in [0, 0.1) is 0 Å². The molecular weight excluding hydrogens is 160 g/mol. The first-order chi connectivity index (χ1) is 6.33. The zero-order chi connectivity index (χ0) is 10.4. The van der Waals surface area contributed by atoms with Gasteiger partial charge in [-0.2, -0.15) is 0 Å². The average Bonchev–Trinajstić information content (AvgIpc) is 2.17. The van der Waals surface area contributed by atoms with Gasteiger partial charge in [-0.3, -0.25) is 0 Å². The Bertz CT molecular complexity index is 75.2. The molecule has 0 unspecified atom stereocenters. The maximum atomic E-state index is 9.68. The molecule has 0 saturated heterocycles. The van der Waals surface area contributed by atoms with Gasteiger partial charge in [0.15, 0.2) is 0 Å². The molecule has 1 nitrogen and oxygen atoms in total. The first-order valence-electron chi connectivity index (χ1n) is 5.77. The van der Waals surface area contributed by atoms with E-state index in [0.717, 1.165) is 19.1 Å². The van der Waals surface area contributed by atoms with Gasteiger partial charge < -0.3 is 4.79 Å². The van der Waals surface area contributed by atoms with Crippen LogP contribution >= 0.6 is 0 Å². The van der Waals surface area contributed by atoms with Gasteiger partial charge in [0.05, 0.1) is 0 Å². The van der Waals surface area contributed by atoms with Gasteiger partial charge in [0.2, 0.25) is 0 Å². The van der Waals surface area contributed by atoms with Crippen molar-refractivity contribution in [2.45, 2.75) is 72.1 Å².